The van der Waals surface area contributed by atoms with E-state index in [1.807, 2.05) is 0 Å². The first kappa shape index (κ1) is 15.8. The van der Waals surface area contributed by atoms with E-state index >= 15 is 0 Å². The predicted octanol–water partition coefficient (Wildman–Crippen LogP) is 3.79. The molecule has 2 aromatic rings. The summed E-state index contributed by atoms with van der Waals surface area (Å²) in [6, 6.07) is 1.60. The van der Waals surface area contributed by atoms with Crippen LogP contribution in [0.25, 0.3) is 5.65 Å². The number of pyridine rings is 1. The number of alkyl halides is 3. The zero-order chi connectivity index (χ0) is 14.9. The van der Waals surface area contributed by atoms with E-state index in [1.54, 1.807) is 28.7 Å². The number of nitrogens with zero attached hydrogens (tertiary/aromatic N) is 2. The largest absolute Gasteiger partial charge is 0.465 e. The molecule has 0 unspecified atom stereocenters. The molecule has 0 spiro atoms. The molecule has 4 nitrogen and oxygen atoms in total. The van der Waals surface area contributed by atoms with E-state index in [0.29, 0.717) is 19.6 Å². The molecule has 2 aromatic heterocycles. The maximum absolute atomic E-state index is 12.6. The molecular weight excluding hydrogens is 456 g/mol. The van der Waals surface area contributed by atoms with Gasteiger partial charge in [0.15, 0.2) is 12.5 Å². The topological polar surface area (TPSA) is 35.8 Å². The molecule has 2 heterocycles. The lowest BCUT2D eigenvalue weighted by atomic mass is 10.3. The summed E-state index contributed by atoms with van der Waals surface area (Å²) >= 11 is 5.08. The third-order valence-electron chi connectivity index (χ3n) is 2.43. The molecule has 0 N–H and O–H groups in total. The Labute approximate surface area is 134 Å². The normalized spacial score (nSPS) is 12.1. The zero-order valence-corrected chi connectivity index (χ0v) is 13.9. The van der Waals surface area contributed by atoms with Gasteiger partial charge in [0.2, 0.25) is 0 Å². The fourth-order valence-electron chi connectivity index (χ4n) is 1.64. The molecule has 0 radical (unpaired) electrons. The standard InChI is InChI=1S/C11H9BrF3IN2O2/c1-19-5-20-8-4-18-7(3-11(13,14)15)10(16)17-9(18)2-6(8)12/h2,4H,3,5H2,1H3. The Morgan fingerprint density at radius 1 is 1.45 bits per heavy atom. The van der Waals surface area contributed by atoms with Crippen molar-refractivity contribution in [3.8, 4) is 5.75 Å². The minimum atomic E-state index is -4.30. The Balaban J connectivity index is 2.49. The Morgan fingerprint density at radius 2 is 2.15 bits per heavy atom. The van der Waals surface area contributed by atoms with Crippen LogP contribution in [0.4, 0.5) is 13.2 Å². The van der Waals surface area contributed by atoms with Crippen molar-refractivity contribution in [3.05, 3.63) is 26.1 Å². The van der Waals surface area contributed by atoms with Gasteiger partial charge in [-0.3, -0.25) is 4.40 Å². The van der Waals surface area contributed by atoms with Crippen molar-refractivity contribution in [1.29, 1.82) is 0 Å². The van der Waals surface area contributed by atoms with Crippen molar-refractivity contribution in [2.45, 2.75) is 12.6 Å². The Morgan fingerprint density at radius 3 is 2.75 bits per heavy atom. The number of hydrogen-bond donors (Lipinski definition) is 0. The molecule has 0 amide bonds. The minimum Gasteiger partial charge on any atom is -0.465 e. The van der Waals surface area contributed by atoms with Crippen LogP contribution in [-0.4, -0.2) is 29.5 Å². The van der Waals surface area contributed by atoms with Gasteiger partial charge in [0.05, 0.1) is 22.8 Å². The van der Waals surface area contributed by atoms with E-state index in [2.05, 4.69) is 20.9 Å². The summed E-state index contributed by atoms with van der Waals surface area (Å²) in [6.07, 6.45) is -3.87. The predicted molar refractivity (Wildman–Crippen MR) is 77.9 cm³/mol. The highest BCUT2D eigenvalue weighted by atomic mass is 127. The van der Waals surface area contributed by atoms with E-state index in [-0.39, 0.29) is 12.5 Å². The van der Waals surface area contributed by atoms with Crippen LogP contribution >= 0.6 is 38.5 Å². The first-order valence-corrected chi connectivity index (χ1v) is 7.23. The van der Waals surface area contributed by atoms with Gasteiger partial charge in [0.25, 0.3) is 0 Å². The van der Waals surface area contributed by atoms with Crippen LogP contribution < -0.4 is 4.74 Å². The van der Waals surface area contributed by atoms with Crippen molar-refractivity contribution in [3.63, 3.8) is 0 Å². The van der Waals surface area contributed by atoms with Crippen LogP contribution in [0, 0.1) is 3.70 Å². The van der Waals surface area contributed by atoms with E-state index in [9.17, 15) is 13.2 Å². The summed E-state index contributed by atoms with van der Waals surface area (Å²) in [5, 5.41) is 0. The van der Waals surface area contributed by atoms with Crippen LogP contribution in [-0.2, 0) is 11.2 Å². The van der Waals surface area contributed by atoms with Crippen molar-refractivity contribution < 1.29 is 22.6 Å². The molecule has 2 rings (SSSR count). The highest BCUT2D eigenvalue weighted by molar-refractivity contribution is 14.1. The fourth-order valence-corrected chi connectivity index (χ4v) is 2.76. The summed E-state index contributed by atoms with van der Waals surface area (Å²) in [5.41, 5.74) is 0.508. The molecule has 0 aliphatic carbocycles. The van der Waals surface area contributed by atoms with Gasteiger partial charge in [-0.15, -0.1) is 0 Å². The van der Waals surface area contributed by atoms with E-state index in [4.69, 9.17) is 9.47 Å². The lowest BCUT2D eigenvalue weighted by molar-refractivity contribution is -0.128. The Hall–Kier alpha value is -0.550. The summed E-state index contributed by atoms with van der Waals surface area (Å²) < 4.78 is 50.2. The number of imidazole rings is 1. The number of aromatic nitrogens is 2. The first-order chi connectivity index (χ1) is 9.31. The Bertz CT molecular complexity index is 630. The monoisotopic (exact) mass is 464 g/mol. The van der Waals surface area contributed by atoms with Gasteiger partial charge in [-0.05, 0) is 44.6 Å². The van der Waals surface area contributed by atoms with Gasteiger partial charge >= 0.3 is 6.18 Å². The SMILES string of the molecule is COCOc1cn2c(CC(F)(F)F)c(I)nc2cc1Br. The van der Waals surface area contributed by atoms with E-state index in [1.165, 1.54) is 17.7 Å². The summed E-state index contributed by atoms with van der Waals surface area (Å²) in [4.78, 5) is 4.11. The van der Waals surface area contributed by atoms with Crippen LogP contribution in [0.15, 0.2) is 16.7 Å². The van der Waals surface area contributed by atoms with E-state index in [0.717, 1.165) is 0 Å². The summed E-state index contributed by atoms with van der Waals surface area (Å²) in [5.74, 6) is 0.386. The van der Waals surface area contributed by atoms with Crippen molar-refractivity contribution in [1.82, 2.24) is 9.38 Å². The highest BCUT2D eigenvalue weighted by Crippen LogP contribution is 2.30. The number of hydrogen-bond acceptors (Lipinski definition) is 3. The molecule has 0 fully saturated rings. The van der Waals surface area contributed by atoms with Crippen molar-refractivity contribution >= 4 is 44.2 Å². The summed E-state index contributed by atoms with van der Waals surface area (Å²) in [6.45, 7) is 0.00446. The van der Waals surface area contributed by atoms with Crippen LogP contribution in [0.3, 0.4) is 0 Å². The van der Waals surface area contributed by atoms with Gasteiger partial charge < -0.3 is 9.47 Å². The third-order valence-corrected chi connectivity index (χ3v) is 3.91. The highest BCUT2D eigenvalue weighted by Gasteiger charge is 2.31. The average Bonchev–Trinajstić information content (AvgIpc) is 2.61. The molecule has 0 atom stereocenters. The molecule has 0 aromatic carbocycles. The molecule has 0 aliphatic heterocycles. The lowest BCUT2D eigenvalue weighted by Gasteiger charge is -2.10. The molecule has 0 saturated heterocycles. The maximum atomic E-state index is 12.6. The fraction of sp³-hybridized carbons (Fsp3) is 0.364. The van der Waals surface area contributed by atoms with Crippen LogP contribution in [0.2, 0.25) is 0 Å². The second kappa shape index (κ2) is 6.06. The Kier molecular flexibility index (Phi) is 4.80. The van der Waals surface area contributed by atoms with Gasteiger partial charge in [-0.2, -0.15) is 13.2 Å². The number of methoxy groups -OCH3 is 1. The van der Waals surface area contributed by atoms with Crippen LogP contribution in [0.1, 0.15) is 5.69 Å². The molecule has 0 saturated carbocycles. The number of fused-ring (bicyclic) bond motifs is 1. The van der Waals surface area contributed by atoms with Gasteiger partial charge in [-0.25, -0.2) is 4.98 Å². The van der Waals surface area contributed by atoms with Gasteiger partial charge in [0.1, 0.15) is 9.35 Å². The zero-order valence-electron chi connectivity index (χ0n) is 10.2. The number of ether oxygens (including phenoxy) is 2. The second-order valence-electron chi connectivity index (χ2n) is 3.91. The molecule has 110 valence electrons. The summed E-state index contributed by atoms with van der Waals surface area (Å²) in [7, 11) is 1.46. The third kappa shape index (κ3) is 3.55. The molecule has 20 heavy (non-hydrogen) atoms. The number of rotatable bonds is 4. The van der Waals surface area contributed by atoms with Crippen molar-refractivity contribution in [2.75, 3.05) is 13.9 Å². The smallest absolute Gasteiger partial charge is 0.394 e. The molecule has 9 heteroatoms. The minimum absolute atomic E-state index is 0.00446. The average molecular weight is 465 g/mol. The molecule has 0 aliphatic rings. The van der Waals surface area contributed by atoms with Crippen molar-refractivity contribution in [2.24, 2.45) is 0 Å². The van der Waals surface area contributed by atoms with Crippen LogP contribution in [0.5, 0.6) is 5.75 Å². The maximum Gasteiger partial charge on any atom is 0.394 e. The number of halogens is 5. The molecule has 0 bridgehead atoms. The molecular formula is C11H9BrF3IN2O2. The van der Waals surface area contributed by atoms with Gasteiger partial charge in [0, 0.05) is 7.11 Å². The second-order valence-corrected chi connectivity index (χ2v) is 5.78. The first-order valence-electron chi connectivity index (χ1n) is 5.36. The quantitative estimate of drug-likeness (QED) is 0.510. The van der Waals surface area contributed by atoms with E-state index < -0.39 is 12.6 Å². The lowest BCUT2D eigenvalue weighted by Crippen LogP contribution is -2.14. The van der Waals surface area contributed by atoms with Gasteiger partial charge in [-0.1, -0.05) is 0 Å².